The molecule has 2 aliphatic rings. The van der Waals surface area contributed by atoms with Crippen molar-refractivity contribution in [3.05, 3.63) is 42.2 Å². The number of pyridine rings is 1. The zero-order chi connectivity index (χ0) is 14.0. The van der Waals surface area contributed by atoms with Crippen molar-refractivity contribution in [2.45, 2.75) is 24.5 Å². The predicted octanol–water partition coefficient (Wildman–Crippen LogP) is 0.420. The maximum atomic E-state index is 12.3. The Morgan fingerprint density at radius 3 is 2.80 bits per heavy atom. The zero-order valence-electron chi connectivity index (χ0n) is 11.3. The van der Waals surface area contributed by atoms with Gasteiger partial charge < -0.3 is 10.0 Å². The van der Waals surface area contributed by atoms with Crippen molar-refractivity contribution in [3.8, 4) is 0 Å². The van der Waals surface area contributed by atoms with Gasteiger partial charge in [0.15, 0.2) is 0 Å². The number of hydrogen-bond acceptors (Lipinski definition) is 4. The van der Waals surface area contributed by atoms with Gasteiger partial charge in [-0.1, -0.05) is 18.2 Å². The maximum Gasteiger partial charge on any atom is 0.243 e. The number of aromatic nitrogens is 1. The predicted molar refractivity (Wildman–Crippen MR) is 74.9 cm³/mol. The van der Waals surface area contributed by atoms with Crippen LogP contribution < -0.4 is 5.32 Å². The van der Waals surface area contributed by atoms with Gasteiger partial charge in [0.2, 0.25) is 5.91 Å². The molecule has 0 aromatic carbocycles. The van der Waals surface area contributed by atoms with Crippen LogP contribution >= 0.6 is 0 Å². The number of aliphatic hydroxyl groups is 1. The fourth-order valence-electron chi connectivity index (χ4n) is 2.82. The van der Waals surface area contributed by atoms with Gasteiger partial charge in [0.1, 0.15) is 11.6 Å². The van der Waals surface area contributed by atoms with E-state index in [0.717, 1.165) is 6.54 Å². The van der Waals surface area contributed by atoms with Crippen molar-refractivity contribution in [1.82, 2.24) is 15.2 Å². The number of rotatable bonds is 2. The molecule has 5 heteroatoms. The quantitative estimate of drug-likeness (QED) is 0.767. The van der Waals surface area contributed by atoms with E-state index in [4.69, 9.17) is 0 Å². The van der Waals surface area contributed by atoms with Crippen LogP contribution in [0.15, 0.2) is 36.5 Å². The molecule has 1 saturated heterocycles. The van der Waals surface area contributed by atoms with E-state index < -0.39 is 5.60 Å². The van der Waals surface area contributed by atoms with Gasteiger partial charge in [-0.3, -0.25) is 15.1 Å². The Bertz CT molecular complexity index is 507. The number of hydrogen-bond donors (Lipinski definition) is 2. The second-order valence-electron chi connectivity index (χ2n) is 5.39. The topological polar surface area (TPSA) is 65.5 Å². The first-order valence-corrected chi connectivity index (χ1v) is 7.02. The standard InChI is InChI=1S/C15H19N3O2/c19-14(12-4-3-9-16-12)18-10-6-15(20,7-11-18)13-5-1-2-8-17-13/h1-5,8,12,16,20H,6-7,9-11H2. The molecule has 0 spiro atoms. The summed E-state index contributed by atoms with van der Waals surface area (Å²) in [5.74, 6) is 0.0989. The summed E-state index contributed by atoms with van der Waals surface area (Å²) in [6.07, 6.45) is 6.63. The molecule has 0 saturated carbocycles. The molecule has 2 N–H and O–H groups in total. The number of likely N-dealkylation sites (tertiary alicyclic amines) is 1. The van der Waals surface area contributed by atoms with Crippen molar-refractivity contribution < 1.29 is 9.90 Å². The minimum absolute atomic E-state index is 0.0989. The van der Waals surface area contributed by atoms with Crippen LogP contribution in [0, 0.1) is 0 Å². The van der Waals surface area contributed by atoms with Crippen LogP contribution in [0.5, 0.6) is 0 Å². The van der Waals surface area contributed by atoms with Gasteiger partial charge in [0, 0.05) is 25.8 Å². The molecular formula is C15H19N3O2. The van der Waals surface area contributed by atoms with Crippen LogP contribution in [0.4, 0.5) is 0 Å². The Kier molecular flexibility index (Phi) is 3.54. The lowest BCUT2D eigenvalue weighted by molar-refractivity contribution is -0.136. The summed E-state index contributed by atoms with van der Waals surface area (Å²) in [5.41, 5.74) is -0.206. The Hall–Kier alpha value is -1.72. The Morgan fingerprint density at radius 1 is 1.40 bits per heavy atom. The van der Waals surface area contributed by atoms with Crippen LogP contribution in [0.2, 0.25) is 0 Å². The minimum atomic E-state index is -0.906. The van der Waals surface area contributed by atoms with E-state index in [-0.39, 0.29) is 11.9 Å². The minimum Gasteiger partial charge on any atom is -0.383 e. The number of nitrogens with one attached hydrogen (secondary N) is 1. The van der Waals surface area contributed by atoms with Crippen LogP contribution in [-0.4, -0.2) is 46.6 Å². The molecule has 1 aromatic rings. The number of carbonyl (C=O) groups excluding carboxylic acids is 1. The van der Waals surface area contributed by atoms with Gasteiger partial charge in [-0.2, -0.15) is 0 Å². The van der Waals surface area contributed by atoms with E-state index in [2.05, 4.69) is 10.3 Å². The van der Waals surface area contributed by atoms with E-state index in [0.29, 0.717) is 31.6 Å². The van der Waals surface area contributed by atoms with Crippen LogP contribution in [0.3, 0.4) is 0 Å². The number of carbonyl (C=O) groups is 1. The van der Waals surface area contributed by atoms with Crippen molar-refractivity contribution in [1.29, 1.82) is 0 Å². The lowest BCUT2D eigenvalue weighted by Gasteiger charge is -2.38. The molecule has 0 radical (unpaired) electrons. The molecule has 1 unspecified atom stereocenters. The highest BCUT2D eigenvalue weighted by molar-refractivity contribution is 5.84. The number of piperidine rings is 1. The lowest BCUT2D eigenvalue weighted by atomic mass is 9.87. The first-order valence-electron chi connectivity index (χ1n) is 7.02. The third-order valence-corrected chi connectivity index (χ3v) is 4.09. The Labute approximate surface area is 118 Å². The summed E-state index contributed by atoms with van der Waals surface area (Å²) in [6, 6.07) is 5.36. The van der Waals surface area contributed by atoms with Crippen LogP contribution in [0.1, 0.15) is 18.5 Å². The molecule has 0 aliphatic carbocycles. The second kappa shape index (κ2) is 5.34. The zero-order valence-corrected chi connectivity index (χ0v) is 11.3. The molecule has 0 bridgehead atoms. The SMILES string of the molecule is O=C(C1C=CCN1)N1CCC(O)(c2ccccn2)CC1. The number of amides is 1. The van der Waals surface area contributed by atoms with Gasteiger partial charge in [0.25, 0.3) is 0 Å². The second-order valence-corrected chi connectivity index (χ2v) is 5.39. The third kappa shape index (κ3) is 2.46. The van der Waals surface area contributed by atoms with Gasteiger partial charge in [-0.25, -0.2) is 0 Å². The van der Waals surface area contributed by atoms with Crippen molar-refractivity contribution >= 4 is 5.91 Å². The lowest BCUT2D eigenvalue weighted by Crippen LogP contribution is -2.50. The van der Waals surface area contributed by atoms with Gasteiger partial charge in [-0.15, -0.1) is 0 Å². The average Bonchev–Trinajstić information content (AvgIpc) is 3.02. The molecule has 1 atom stereocenters. The molecule has 3 rings (SSSR count). The molecule has 1 fully saturated rings. The van der Waals surface area contributed by atoms with Crippen molar-refractivity contribution in [3.63, 3.8) is 0 Å². The van der Waals surface area contributed by atoms with E-state index in [9.17, 15) is 9.90 Å². The number of nitrogens with zero attached hydrogens (tertiary/aromatic N) is 2. The van der Waals surface area contributed by atoms with Crippen molar-refractivity contribution in [2.24, 2.45) is 0 Å². The maximum absolute atomic E-state index is 12.3. The summed E-state index contributed by atoms with van der Waals surface area (Å²) < 4.78 is 0. The monoisotopic (exact) mass is 273 g/mol. The summed E-state index contributed by atoms with van der Waals surface area (Å²) in [4.78, 5) is 18.3. The average molecular weight is 273 g/mol. The highest BCUT2D eigenvalue weighted by Crippen LogP contribution is 2.31. The van der Waals surface area contributed by atoms with Crippen molar-refractivity contribution in [2.75, 3.05) is 19.6 Å². The summed E-state index contributed by atoms with van der Waals surface area (Å²) in [6.45, 7) is 1.89. The van der Waals surface area contributed by atoms with Crippen LogP contribution in [0.25, 0.3) is 0 Å². The molecule has 20 heavy (non-hydrogen) atoms. The molecule has 5 nitrogen and oxygen atoms in total. The van der Waals surface area contributed by atoms with Gasteiger partial charge in [0.05, 0.1) is 5.69 Å². The van der Waals surface area contributed by atoms with Gasteiger partial charge in [-0.05, 0) is 25.0 Å². The highest BCUT2D eigenvalue weighted by atomic mass is 16.3. The highest BCUT2D eigenvalue weighted by Gasteiger charge is 2.37. The molecular weight excluding hydrogens is 254 g/mol. The molecule has 1 aromatic heterocycles. The molecule has 106 valence electrons. The van der Waals surface area contributed by atoms with E-state index >= 15 is 0 Å². The Balaban J connectivity index is 1.64. The Morgan fingerprint density at radius 2 is 2.20 bits per heavy atom. The first-order chi connectivity index (χ1) is 9.69. The van der Waals surface area contributed by atoms with Gasteiger partial charge >= 0.3 is 0 Å². The van der Waals surface area contributed by atoms with Crippen LogP contribution in [-0.2, 0) is 10.4 Å². The largest absolute Gasteiger partial charge is 0.383 e. The smallest absolute Gasteiger partial charge is 0.243 e. The molecule has 2 aliphatic heterocycles. The normalized spacial score (nSPS) is 24.9. The molecule has 3 heterocycles. The fraction of sp³-hybridized carbons (Fsp3) is 0.467. The van der Waals surface area contributed by atoms with E-state index in [1.807, 2.05) is 35.3 Å². The first kappa shape index (κ1) is 13.3. The van der Waals surface area contributed by atoms with E-state index in [1.165, 1.54) is 0 Å². The molecule has 1 amide bonds. The third-order valence-electron chi connectivity index (χ3n) is 4.09. The summed E-state index contributed by atoms with van der Waals surface area (Å²) >= 11 is 0. The summed E-state index contributed by atoms with van der Waals surface area (Å²) in [5, 5.41) is 13.8. The fourth-order valence-corrected chi connectivity index (χ4v) is 2.82. The summed E-state index contributed by atoms with van der Waals surface area (Å²) in [7, 11) is 0. The van der Waals surface area contributed by atoms with E-state index in [1.54, 1.807) is 6.20 Å².